The fourth-order valence-corrected chi connectivity index (χ4v) is 4.14. The third-order valence-corrected chi connectivity index (χ3v) is 5.96. The molecule has 3 amide bonds. The van der Waals surface area contributed by atoms with Gasteiger partial charge in [0.25, 0.3) is 5.91 Å². The number of amidine groups is 1. The van der Waals surface area contributed by atoms with Crippen LogP contribution in [-0.2, 0) is 25.7 Å². The number of benzene rings is 2. The summed E-state index contributed by atoms with van der Waals surface area (Å²) < 4.78 is 31.7. The van der Waals surface area contributed by atoms with Gasteiger partial charge in [-0.3, -0.25) is 19.8 Å². The van der Waals surface area contributed by atoms with Crippen LogP contribution in [0.5, 0.6) is 0 Å². The molecule has 2 aromatic rings. The number of nitrogens with zero attached hydrogens (tertiary/aromatic N) is 1. The number of alkyl halides is 3. The first kappa shape index (κ1) is 29.2. The number of carboxylic acids is 1. The molecule has 0 unspecified atom stereocenters. The number of para-hydroxylation sites is 1. The lowest BCUT2D eigenvalue weighted by atomic mass is 10.1. The van der Waals surface area contributed by atoms with Gasteiger partial charge >= 0.3 is 12.1 Å². The highest BCUT2D eigenvalue weighted by atomic mass is 32.2. The number of rotatable bonds is 6. The molecular weight excluding hydrogens is 515 g/mol. The normalized spacial score (nSPS) is 14.9. The summed E-state index contributed by atoms with van der Waals surface area (Å²) >= 11 is 1.47. The number of anilines is 1. The van der Waals surface area contributed by atoms with E-state index in [0.717, 1.165) is 10.5 Å². The molecule has 0 aliphatic carbocycles. The highest BCUT2D eigenvalue weighted by molar-refractivity contribution is 7.99. The summed E-state index contributed by atoms with van der Waals surface area (Å²) in [5.41, 5.74) is 7.56. The molecule has 1 aliphatic heterocycles. The molecule has 0 saturated carbocycles. The Balaban J connectivity index is 0.000000604. The number of carbonyl (C=O) groups excluding carboxylic acids is 3. The second kappa shape index (κ2) is 12.8. The van der Waals surface area contributed by atoms with Gasteiger partial charge in [-0.15, -0.1) is 11.8 Å². The van der Waals surface area contributed by atoms with E-state index in [2.05, 4.69) is 10.6 Å². The van der Waals surface area contributed by atoms with Crippen LogP contribution in [-0.4, -0.2) is 59.1 Å². The Morgan fingerprint density at radius 3 is 2.30 bits per heavy atom. The molecule has 1 heterocycles. The molecule has 0 bridgehead atoms. The van der Waals surface area contributed by atoms with Crippen molar-refractivity contribution >= 4 is 47.0 Å². The number of amides is 3. The van der Waals surface area contributed by atoms with Gasteiger partial charge in [-0.25, -0.2) is 4.79 Å². The molecule has 0 radical (unpaired) electrons. The molecule has 0 saturated heterocycles. The first-order valence-corrected chi connectivity index (χ1v) is 11.6. The SMILES string of the molecule is CC(=O)N[C@@H]1CSc2ccccc2N(CC(=O)NCc2ccc(C(=N)N)cc2)C1=O.O=C(O)C(F)(F)F. The van der Waals surface area contributed by atoms with Gasteiger partial charge in [0.1, 0.15) is 18.4 Å². The lowest BCUT2D eigenvalue weighted by Crippen LogP contribution is -2.51. The number of fused-ring (bicyclic) bond motifs is 1. The summed E-state index contributed by atoms with van der Waals surface area (Å²) in [7, 11) is 0. The van der Waals surface area contributed by atoms with Gasteiger partial charge in [0, 0.05) is 29.7 Å². The van der Waals surface area contributed by atoms with Gasteiger partial charge in [-0.1, -0.05) is 36.4 Å². The van der Waals surface area contributed by atoms with E-state index in [4.69, 9.17) is 21.0 Å². The number of hydrogen-bond donors (Lipinski definition) is 5. The van der Waals surface area contributed by atoms with Crippen LogP contribution >= 0.6 is 11.8 Å². The molecule has 14 heteroatoms. The smallest absolute Gasteiger partial charge is 0.475 e. The number of nitrogens with one attached hydrogen (secondary N) is 3. The average Bonchev–Trinajstić information content (AvgIpc) is 2.95. The first-order valence-electron chi connectivity index (χ1n) is 10.6. The van der Waals surface area contributed by atoms with Gasteiger partial charge in [-0.2, -0.15) is 13.2 Å². The predicted molar refractivity (Wildman–Crippen MR) is 130 cm³/mol. The van der Waals surface area contributed by atoms with Crippen molar-refractivity contribution in [1.29, 1.82) is 5.41 Å². The number of aliphatic carboxylic acids is 1. The van der Waals surface area contributed by atoms with Gasteiger partial charge in [-0.05, 0) is 17.7 Å². The quantitative estimate of drug-likeness (QED) is 0.276. The summed E-state index contributed by atoms with van der Waals surface area (Å²) in [5.74, 6) is -3.30. The molecule has 198 valence electrons. The lowest BCUT2D eigenvalue weighted by molar-refractivity contribution is -0.192. The van der Waals surface area contributed by atoms with Crippen LogP contribution < -0.4 is 21.3 Å². The lowest BCUT2D eigenvalue weighted by Gasteiger charge is -2.25. The molecule has 1 atom stereocenters. The Morgan fingerprint density at radius 2 is 1.76 bits per heavy atom. The van der Waals surface area contributed by atoms with Crippen LogP contribution in [0.4, 0.5) is 18.9 Å². The Labute approximate surface area is 213 Å². The van der Waals surface area contributed by atoms with E-state index in [-0.39, 0.29) is 36.6 Å². The van der Waals surface area contributed by atoms with Crippen molar-refractivity contribution in [1.82, 2.24) is 10.6 Å². The Hall–Kier alpha value is -4.07. The average molecular weight is 540 g/mol. The van der Waals surface area contributed by atoms with E-state index < -0.39 is 18.2 Å². The first-order chi connectivity index (χ1) is 17.3. The van der Waals surface area contributed by atoms with Gasteiger partial charge in [0.15, 0.2) is 0 Å². The second-order valence-corrected chi connectivity index (χ2v) is 8.71. The van der Waals surface area contributed by atoms with Crippen molar-refractivity contribution in [3.8, 4) is 0 Å². The number of thioether (sulfide) groups is 1. The molecule has 0 spiro atoms. The Kier molecular flexibility index (Phi) is 10.1. The van der Waals surface area contributed by atoms with Gasteiger partial charge in [0.2, 0.25) is 11.8 Å². The molecule has 0 fully saturated rings. The van der Waals surface area contributed by atoms with Crippen LogP contribution in [0.15, 0.2) is 53.4 Å². The number of hydrogen-bond acceptors (Lipinski definition) is 6. The Morgan fingerprint density at radius 1 is 1.16 bits per heavy atom. The van der Waals surface area contributed by atoms with Crippen molar-refractivity contribution in [2.24, 2.45) is 5.73 Å². The van der Waals surface area contributed by atoms with Crippen LogP contribution in [0.2, 0.25) is 0 Å². The summed E-state index contributed by atoms with van der Waals surface area (Å²) in [6.07, 6.45) is -5.08. The molecule has 3 rings (SSSR count). The van der Waals surface area contributed by atoms with E-state index in [9.17, 15) is 27.6 Å². The summed E-state index contributed by atoms with van der Waals surface area (Å²) in [6.45, 7) is 1.49. The number of carboxylic acid groups (broad SMARTS) is 1. The van der Waals surface area contributed by atoms with Crippen LogP contribution in [0.25, 0.3) is 0 Å². The topological polar surface area (TPSA) is 166 Å². The Bertz CT molecular complexity index is 1170. The third-order valence-electron chi connectivity index (χ3n) is 4.80. The maximum absolute atomic E-state index is 13.0. The van der Waals surface area contributed by atoms with E-state index in [0.29, 0.717) is 17.0 Å². The molecule has 37 heavy (non-hydrogen) atoms. The van der Waals surface area contributed by atoms with Crippen LogP contribution in [0, 0.1) is 5.41 Å². The minimum absolute atomic E-state index is 0.0180. The zero-order valence-electron chi connectivity index (χ0n) is 19.5. The minimum Gasteiger partial charge on any atom is -0.475 e. The monoisotopic (exact) mass is 539 g/mol. The molecule has 6 N–H and O–H groups in total. The molecule has 0 aromatic heterocycles. The zero-order valence-corrected chi connectivity index (χ0v) is 20.3. The van der Waals surface area contributed by atoms with E-state index >= 15 is 0 Å². The maximum atomic E-state index is 13.0. The standard InChI is InChI=1S/C21H23N5O3S.C2HF3O2/c1-13(27)25-16-12-30-18-5-3-2-4-17(18)26(21(16)29)11-19(28)24-10-14-6-8-15(9-7-14)20(22)23;3-2(4,5)1(6)7/h2-9,16H,10-12H2,1H3,(H3,22,23)(H,24,28)(H,25,27);(H,6,7)/t16-;/m1./s1. The highest BCUT2D eigenvalue weighted by Gasteiger charge is 2.38. The van der Waals surface area contributed by atoms with E-state index in [1.54, 1.807) is 30.3 Å². The maximum Gasteiger partial charge on any atom is 0.490 e. The number of nitrogens with two attached hydrogens (primary N) is 1. The fraction of sp³-hybridized carbons (Fsp3) is 0.261. The van der Waals surface area contributed by atoms with Crippen molar-refractivity contribution in [2.75, 3.05) is 17.2 Å². The summed E-state index contributed by atoms with van der Waals surface area (Å²) in [6, 6.07) is 13.7. The number of carbonyl (C=O) groups is 4. The fourth-order valence-electron chi connectivity index (χ4n) is 3.07. The largest absolute Gasteiger partial charge is 0.490 e. The zero-order chi connectivity index (χ0) is 27.8. The van der Waals surface area contributed by atoms with Crippen molar-refractivity contribution in [3.05, 3.63) is 59.7 Å². The van der Waals surface area contributed by atoms with Gasteiger partial charge in [0.05, 0.1) is 5.69 Å². The van der Waals surface area contributed by atoms with E-state index in [1.807, 2.05) is 18.2 Å². The molecular formula is C23H24F3N5O5S. The number of halogens is 3. The number of nitrogen functional groups attached to an aromatic ring is 1. The third kappa shape index (κ3) is 8.83. The van der Waals surface area contributed by atoms with Crippen LogP contribution in [0.1, 0.15) is 18.1 Å². The second-order valence-electron chi connectivity index (χ2n) is 7.65. The van der Waals surface area contributed by atoms with E-state index in [1.165, 1.54) is 23.6 Å². The van der Waals surface area contributed by atoms with Crippen molar-refractivity contribution in [2.45, 2.75) is 30.6 Å². The predicted octanol–water partition coefficient (Wildman–Crippen LogP) is 1.86. The molecule has 1 aliphatic rings. The molecule has 2 aromatic carbocycles. The van der Waals surface area contributed by atoms with Crippen LogP contribution in [0.3, 0.4) is 0 Å². The summed E-state index contributed by atoms with van der Waals surface area (Å²) in [5, 5.41) is 20.0. The van der Waals surface area contributed by atoms with Crippen molar-refractivity contribution < 1.29 is 37.5 Å². The van der Waals surface area contributed by atoms with Gasteiger partial charge < -0.3 is 26.4 Å². The highest BCUT2D eigenvalue weighted by Crippen LogP contribution is 2.34. The molecule has 10 nitrogen and oxygen atoms in total. The minimum atomic E-state index is -5.08. The van der Waals surface area contributed by atoms with Crippen molar-refractivity contribution in [3.63, 3.8) is 0 Å². The summed E-state index contributed by atoms with van der Waals surface area (Å²) in [4.78, 5) is 48.3.